The molecule has 1 N–H and O–H groups in total. The van der Waals surface area contributed by atoms with Crippen molar-refractivity contribution in [3.05, 3.63) is 58.9 Å². The fourth-order valence-corrected chi connectivity index (χ4v) is 3.71. The molecule has 0 aliphatic carbocycles. The third-order valence-corrected chi connectivity index (χ3v) is 5.16. The molecule has 1 aliphatic rings. The molecule has 2 amide bonds. The van der Waals surface area contributed by atoms with Crippen LogP contribution < -0.4 is 10.1 Å². The number of benzene rings is 2. The van der Waals surface area contributed by atoms with Crippen molar-refractivity contribution in [2.75, 3.05) is 44.6 Å². The molecule has 0 bridgehead atoms. The van der Waals surface area contributed by atoms with Crippen LogP contribution in [0.15, 0.2) is 36.4 Å². The molecule has 7 heteroatoms. The highest BCUT2D eigenvalue weighted by Crippen LogP contribution is 2.24. The van der Waals surface area contributed by atoms with Crippen molar-refractivity contribution in [1.29, 1.82) is 0 Å². The lowest BCUT2D eigenvalue weighted by molar-refractivity contribution is -0.135. The van der Waals surface area contributed by atoms with Crippen LogP contribution in [-0.2, 0) is 9.59 Å². The van der Waals surface area contributed by atoms with Crippen molar-refractivity contribution in [1.82, 2.24) is 9.80 Å². The van der Waals surface area contributed by atoms with E-state index in [1.54, 1.807) is 4.90 Å². The Labute approximate surface area is 176 Å². The Morgan fingerprint density at radius 1 is 1.00 bits per heavy atom. The number of hydrogen-bond acceptors (Lipinski definition) is 4. The summed E-state index contributed by atoms with van der Waals surface area (Å²) in [6.45, 7) is 8.58. The van der Waals surface area contributed by atoms with Crippen molar-refractivity contribution < 1.29 is 18.7 Å². The number of carbonyl (C=O) groups excluding carboxylic acids is 2. The Hall–Kier alpha value is -2.93. The fraction of sp³-hybridized carbons (Fsp3) is 0.391. The normalized spacial score (nSPS) is 14.5. The first kappa shape index (κ1) is 21.8. The van der Waals surface area contributed by atoms with E-state index in [2.05, 4.69) is 5.32 Å². The zero-order valence-electron chi connectivity index (χ0n) is 17.7. The number of ether oxygens (including phenoxy) is 1. The van der Waals surface area contributed by atoms with Gasteiger partial charge in [0, 0.05) is 31.9 Å². The smallest absolute Gasteiger partial charge is 0.260 e. The number of rotatable bonds is 6. The summed E-state index contributed by atoms with van der Waals surface area (Å²) in [6.07, 6.45) is 0. The summed E-state index contributed by atoms with van der Waals surface area (Å²) < 4.78 is 18.8. The maximum Gasteiger partial charge on any atom is 0.260 e. The molecular weight excluding hydrogens is 385 g/mol. The van der Waals surface area contributed by atoms with Gasteiger partial charge in [-0.25, -0.2) is 4.39 Å². The summed E-state index contributed by atoms with van der Waals surface area (Å²) in [4.78, 5) is 28.5. The van der Waals surface area contributed by atoms with E-state index in [1.807, 2.05) is 37.8 Å². The number of nitrogens with zero attached hydrogens (tertiary/aromatic N) is 2. The molecule has 1 heterocycles. The average molecular weight is 413 g/mol. The van der Waals surface area contributed by atoms with E-state index < -0.39 is 0 Å². The molecule has 0 unspecified atom stereocenters. The number of halogens is 1. The van der Waals surface area contributed by atoms with Crippen LogP contribution in [0.5, 0.6) is 5.75 Å². The molecule has 1 saturated heterocycles. The molecular formula is C23H28FN3O3. The van der Waals surface area contributed by atoms with Gasteiger partial charge in [0.2, 0.25) is 5.91 Å². The van der Waals surface area contributed by atoms with Gasteiger partial charge in [0.05, 0.1) is 6.54 Å². The van der Waals surface area contributed by atoms with Crippen molar-refractivity contribution in [2.45, 2.75) is 20.8 Å². The summed E-state index contributed by atoms with van der Waals surface area (Å²) in [5.41, 5.74) is 3.78. The molecule has 0 spiro atoms. The number of hydrogen-bond donors (Lipinski definition) is 1. The quantitative estimate of drug-likeness (QED) is 0.791. The Morgan fingerprint density at radius 3 is 2.20 bits per heavy atom. The van der Waals surface area contributed by atoms with Crippen LogP contribution in [0.2, 0.25) is 0 Å². The topological polar surface area (TPSA) is 61.9 Å². The maximum absolute atomic E-state index is 12.9. The van der Waals surface area contributed by atoms with Gasteiger partial charge in [-0.15, -0.1) is 0 Å². The average Bonchev–Trinajstić information content (AvgIpc) is 2.69. The Bertz CT molecular complexity index is 883. The van der Waals surface area contributed by atoms with Crippen LogP contribution in [0.1, 0.15) is 16.7 Å². The second kappa shape index (κ2) is 9.71. The monoisotopic (exact) mass is 413 g/mol. The van der Waals surface area contributed by atoms with Gasteiger partial charge < -0.3 is 15.0 Å². The van der Waals surface area contributed by atoms with Crippen molar-refractivity contribution in [3.8, 4) is 5.75 Å². The Kier molecular flexibility index (Phi) is 7.05. The number of aryl methyl sites for hydroxylation is 3. The van der Waals surface area contributed by atoms with Gasteiger partial charge in [-0.1, -0.05) is 17.7 Å². The minimum Gasteiger partial charge on any atom is -0.483 e. The SMILES string of the molecule is Cc1cc(C)c(OCC(=O)N2CCN(CC(=O)Nc3ccc(F)cc3)CC2)c(C)c1. The molecule has 2 aromatic carbocycles. The molecule has 0 radical (unpaired) electrons. The fourth-order valence-electron chi connectivity index (χ4n) is 3.71. The number of amides is 2. The van der Waals surface area contributed by atoms with Gasteiger partial charge in [-0.05, 0) is 56.2 Å². The summed E-state index contributed by atoms with van der Waals surface area (Å²) >= 11 is 0. The predicted octanol–water partition coefficient (Wildman–Crippen LogP) is 2.91. The lowest BCUT2D eigenvalue weighted by atomic mass is 10.1. The van der Waals surface area contributed by atoms with E-state index in [9.17, 15) is 14.0 Å². The highest BCUT2D eigenvalue weighted by molar-refractivity contribution is 5.92. The molecule has 1 fully saturated rings. The zero-order chi connectivity index (χ0) is 21.7. The third-order valence-electron chi connectivity index (χ3n) is 5.16. The largest absolute Gasteiger partial charge is 0.483 e. The molecule has 6 nitrogen and oxygen atoms in total. The van der Waals surface area contributed by atoms with Gasteiger partial charge in [0.1, 0.15) is 11.6 Å². The van der Waals surface area contributed by atoms with Gasteiger partial charge in [-0.3, -0.25) is 14.5 Å². The molecule has 0 saturated carbocycles. The predicted molar refractivity (Wildman–Crippen MR) is 114 cm³/mol. The molecule has 30 heavy (non-hydrogen) atoms. The lowest BCUT2D eigenvalue weighted by Gasteiger charge is -2.34. The third kappa shape index (κ3) is 5.79. The van der Waals surface area contributed by atoms with Gasteiger partial charge in [0.15, 0.2) is 6.61 Å². The lowest BCUT2D eigenvalue weighted by Crippen LogP contribution is -2.51. The van der Waals surface area contributed by atoms with Crippen LogP contribution in [0.25, 0.3) is 0 Å². The van der Waals surface area contributed by atoms with Crippen molar-refractivity contribution in [3.63, 3.8) is 0 Å². The Morgan fingerprint density at radius 2 is 1.60 bits per heavy atom. The van der Waals surface area contributed by atoms with Crippen LogP contribution in [0.4, 0.5) is 10.1 Å². The summed E-state index contributed by atoms with van der Waals surface area (Å²) in [6, 6.07) is 9.76. The van der Waals surface area contributed by atoms with E-state index in [1.165, 1.54) is 29.8 Å². The highest BCUT2D eigenvalue weighted by Gasteiger charge is 2.23. The van der Waals surface area contributed by atoms with E-state index in [0.717, 1.165) is 16.9 Å². The minimum atomic E-state index is -0.342. The summed E-state index contributed by atoms with van der Waals surface area (Å²) in [7, 11) is 0. The molecule has 2 aromatic rings. The van der Waals surface area contributed by atoms with Crippen LogP contribution in [-0.4, -0.2) is 60.9 Å². The second-order valence-corrected chi connectivity index (χ2v) is 7.73. The van der Waals surface area contributed by atoms with Crippen LogP contribution in [0.3, 0.4) is 0 Å². The van der Waals surface area contributed by atoms with Gasteiger partial charge >= 0.3 is 0 Å². The molecule has 3 rings (SSSR count). The Balaban J connectivity index is 1.43. The molecule has 0 atom stereocenters. The minimum absolute atomic E-state index is 0.00972. The van der Waals surface area contributed by atoms with Gasteiger partial charge in [-0.2, -0.15) is 0 Å². The first-order valence-electron chi connectivity index (χ1n) is 10.1. The zero-order valence-corrected chi connectivity index (χ0v) is 17.7. The summed E-state index contributed by atoms with van der Waals surface area (Å²) in [5.74, 6) is 0.218. The molecule has 1 aliphatic heterocycles. The van der Waals surface area contributed by atoms with E-state index in [4.69, 9.17) is 4.74 Å². The van der Waals surface area contributed by atoms with Crippen LogP contribution >= 0.6 is 0 Å². The van der Waals surface area contributed by atoms with Crippen molar-refractivity contribution >= 4 is 17.5 Å². The van der Waals surface area contributed by atoms with E-state index in [-0.39, 0.29) is 30.8 Å². The number of piperazine rings is 1. The first-order chi connectivity index (χ1) is 14.3. The second-order valence-electron chi connectivity index (χ2n) is 7.73. The van der Waals surface area contributed by atoms with Gasteiger partial charge in [0.25, 0.3) is 5.91 Å². The number of carbonyl (C=O) groups is 2. The standard InChI is InChI=1S/C23H28FN3O3/c1-16-12-17(2)23(18(3)13-16)30-15-22(29)27-10-8-26(9-11-27)14-21(28)25-20-6-4-19(24)5-7-20/h4-7,12-13H,8-11,14-15H2,1-3H3,(H,25,28). The van der Waals surface area contributed by atoms with Crippen LogP contribution in [0, 0.1) is 26.6 Å². The molecule has 160 valence electrons. The molecule has 0 aromatic heterocycles. The van der Waals surface area contributed by atoms with Crippen molar-refractivity contribution in [2.24, 2.45) is 0 Å². The first-order valence-corrected chi connectivity index (χ1v) is 10.1. The van der Waals surface area contributed by atoms with E-state index in [0.29, 0.717) is 31.9 Å². The summed E-state index contributed by atoms with van der Waals surface area (Å²) in [5, 5.41) is 2.76. The van der Waals surface area contributed by atoms with E-state index >= 15 is 0 Å². The maximum atomic E-state index is 12.9. The number of nitrogens with one attached hydrogen (secondary N) is 1. The number of anilines is 1. The highest BCUT2D eigenvalue weighted by atomic mass is 19.1.